The Bertz CT molecular complexity index is 5060. The van der Waals surface area contributed by atoms with Crippen molar-refractivity contribution in [1.29, 1.82) is 0 Å². The molecular formula is C108H153Cl4F5N8O11S4. The summed E-state index contributed by atoms with van der Waals surface area (Å²) < 4.78 is 144. The third-order valence-electron chi connectivity index (χ3n) is 26.2. The molecule has 778 valence electrons. The summed E-state index contributed by atoms with van der Waals surface area (Å²) in [4.78, 5) is 27.3. The number of para-hydroxylation sites is 4. The van der Waals surface area contributed by atoms with E-state index in [1.54, 1.807) is 84.1 Å². The van der Waals surface area contributed by atoms with Crippen LogP contribution in [0.5, 0.6) is 23.0 Å². The van der Waals surface area contributed by atoms with Gasteiger partial charge in [-0.1, -0.05) is 155 Å². The van der Waals surface area contributed by atoms with Gasteiger partial charge in [0.2, 0.25) is 0 Å². The van der Waals surface area contributed by atoms with Gasteiger partial charge in [0.05, 0.1) is 48.7 Å². The van der Waals surface area contributed by atoms with Crippen molar-refractivity contribution in [3.8, 4) is 23.0 Å². The van der Waals surface area contributed by atoms with Gasteiger partial charge in [0.25, 0.3) is 0 Å². The highest BCUT2D eigenvalue weighted by Crippen LogP contribution is 2.37. The number of rotatable bonds is 25. The summed E-state index contributed by atoms with van der Waals surface area (Å²) in [6.45, 7) is 33.9. The van der Waals surface area contributed by atoms with Crippen LogP contribution in [0.1, 0.15) is 174 Å². The van der Waals surface area contributed by atoms with E-state index in [2.05, 4.69) is 83.1 Å². The number of ether oxygens (including phenoxy) is 5. The van der Waals surface area contributed by atoms with Crippen LogP contribution in [0.3, 0.4) is 0 Å². The minimum absolute atomic E-state index is 0. The number of carbonyl (C=O) groups excluding carboxylic acids is 2. The number of methoxy groups -OCH3 is 1. The van der Waals surface area contributed by atoms with E-state index in [4.69, 9.17) is 35.3 Å². The third-order valence-corrected chi connectivity index (χ3v) is 33.2. The van der Waals surface area contributed by atoms with E-state index in [1.807, 2.05) is 107 Å². The Morgan fingerprint density at radius 2 is 0.814 bits per heavy atom. The summed E-state index contributed by atoms with van der Waals surface area (Å²) in [6.07, 6.45) is 15.9. The minimum Gasteiger partial charge on any atom is -0.493 e. The van der Waals surface area contributed by atoms with E-state index in [9.17, 15) is 48.4 Å². The summed E-state index contributed by atoms with van der Waals surface area (Å²) in [7, 11) is -5.06. The first-order valence-electron chi connectivity index (χ1n) is 48.9. The number of piperidine rings is 8. The number of ketones is 1. The van der Waals surface area contributed by atoms with Crippen molar-refractivity contribution in [2.45, 2.75) is 195 Å². The molecule has 1 atom stereocenters. The molecular weight excluding hydrogens is 1950 g/mol. The van der Waals surface area contributed by atoms with Crippen LogP contribution in [0, 0.1) is 75.9 Å². The number of benzene rings is 8. The van der Waals surface area contributed by atoms with Crippen molar-refractivity contribution in [3.63, 3.8) is 0 Å². The molecule has 8 saturated heterocycles. The van der Waals surface area contributed by atoms with Crippen molar-refractivity contribution in [1.82, 2.24) is 42.1 Å². The fourth-order valence-electron chi connectivity index (χ4n) is 17.2. The van der Waals surface area contributed by atoms with E-state index >= 15 is 0 Å². The molecule has 8 aromatic rings. The SMILES string of the molecule is CC(C(=O)C1CCNCC1)c1ccccc1F.CC(C)(C)OC(=O)N1CCC(CSc2ccccc2F)CC1.CC1(COc2ccccc2Cl)CCNCC1.COc1ccccc1OCC1(C)CCNCC1.Cc1ccccc1OCC1(C)CCNCC1.Cl.Cl.Cl.Fc1ccccc1SCC1CCNCC1.O=S(=O)(CC1CCNCC1)c1ccccc1F.O=S(=O)(Cc1ccccc1F)C1CCNCC1. The molecule has 1 amide bonds. The Hall–Kier alpha value is -6.97. The molecule has 8 heterocycles. The Morgan fingerprint density at radius 3 is 1.27 bits per heavy atom. The molecule has 32 heteroatoms. The number of halogens is 9. The lowest BCUT2D eigenvalue weighted by Gasteiger charge is -2.33. The largest absolute Gasteiger partial charge is 0.493 e. The fourth-order valence-corrected chi connectivity index (χ4v) is 23.3. The van der Waals surface area contributed by atoms with Gasteiger partial charge in [-0.15, -0.1) is 60.7 Å². The van der Waals surface area contributed by atoms with Crippen LogP contribution >= 0.6 is 72.3 Å². The number of carbonyl (C=O) groups is 2. The molecule has 0 aliphatic carbocycles. The quantitative estimate of drug-likeness (QED) is 0.0208. The predicted molar refractivity (Wildman–Crippen MR) is 569 cm³/mol. The van der Waals surface area contributed by atoms with Crippen LogP contribution in [-0.4, -0.2) is 193 Å². The smallest absolute Gasteiger partial charge is 0.410 e. The molecule has 7 N–H and O–H groups in total. The Kier molecular flexibility index (Phi) is 55.2. The van der Waals surface area contributed by atoms with Gasteiger partial charge in [0.1, 0.15) is 56.9 Å². The number of aryl methyl sites for hydroxylation is 1. The zero-order valence-electron chi connectivity index (χ0n) is 83.1. The number of nitrogens with zero attached hydrogens (tertiary/aromatic N) is 1. The molecule has 8 aliphatic heterocycles. The van der Waals surface area contributed by atoms with Crippen LogP contribution in [0.2, 0.25) is 5.02 Å². The molecule has 140 heavy (non-hydrogen) atoms. The first-order valence-corrected chi connectivity index (χ1v) is 54.6. The summed E-state index contributed by atoms with van der Waals surface area (Å²) >= 11 is 9.26. The highest BCUT2D eigenvalue weighted by molar-refractivity contribution is 7.99. The van der Waals surface area contributed by atoms with Crippen molar-refractivity contribution in [2.24, 2.45) is 39.9 Å². The van der Waals surface area contributed by atoms with Gasteiger partial charge in [-0.05, 0) is 330 Å². The second-order valence-electron chi connectivity index (χ2n) is 38.9. The number of hydrogen-bond donors (Lipinski definition) is 7. The number of thioether (sulfide) groups is 2. The lowest BCUT2D eigenvalue weighted by molar-refractivity contribution is -0.124. The number of amides is 1. The molecule has 8 aliphatic rings. The van der Waals surface area contributed by atoms with E-state index in [1.165, 1.54) is 92.6 Å². The summed E-state index contributed by atoms with van der Waals surface area (Å²) in [6, 6.07) is 55.8. The van der Waals surface area contributed by atoms with Crippen LogP contribution in [0.4, 0.5) is 26.7 Å². The molecule has 0 aromatic heterocycles. The molecule has 0 spiro atoms. The second-order valence-corrected chi connectivity index (χ2v) is 45.7. The van der Waals surface area contributed by atoms with Gasteiger partial charge < -0.3 is 65.8 Å². The molecule has 0 saturated carbocycles. The average Bonchev–Trinajstić information content (AvgIpc) is 0.816. The topological polar surface area (TPSA) is 236 Å². The summed E-state index contributed by atoms with van der Waals surface area (Å²) in [5.74, 6) is 5.00. The molecule has 16 rings (SSSR count). The van der Waals surface area contributed by atoms with Gasteiger partial charge in [0, 0.05) is 68.0 Å². The zero-order valence-corrected chi connectivity index (χ0v) is 89.6. The average molecular weight is 2100 g/mol. The fraction of sp³-hybridized carbons (Fsp3) is 0.537. The summed E-state index contributed by atoms with van der Waals surface area (Å²) in [5.41, 5.74) is 2.47. The Morgan fingerprint density at radius 1 is 0.443 bits per heavy atom. The van der Waals surface area contributed by atoms with Gasteiger partial charge in [-0.3, -0.25) is 4.79 Å². The molecule has 0 radical (unpaired) electrons. The monoisotopic (exact) mass is 2100 g/mol. The van der Waals surface area contributed by atoms with E-state index in [-0.39, 0.29) is 122 Å². The van der Waals surface area contributed by atoms with E-state index < -0.39 is 36.9 Å². The van der Waals surface area contributed by atoms with E-state index in [0.29, 0.717) is 39.7 Å². The van der Waals surface area contributed by atoms with Crippen LogP contribution in [0.25, 0.3) is 0 Å². The standard InChI is InChI=1S/C17H24FNO2S.C14H18FNO.C14H21NO2.C14H21NO.C13H18ClNO.2C12H16FNO2S.C12H16FNS.3ClH/c1-17(2,3)21-16(20)19-10-8-13(9-11-19)12-22-15-7-5-4-6-14(15)18;1-10(12-4-2-3-5-13(12)15)14(17)11-6-8-16-9-7-11;1-14(7-9-15-10-8-14)11-17-13-6-4-3-5-12(13)16-2;1-12-5-3-4-6-13(12)16-11-14(2)7-9-15-10-8-14;1-13(6-8-15-9-7-13)10-16-12-5-3-2-4-11(12)14;13-11-3-1-2-4-12(11)17(15,16)9-10-5-7-14-8-6-10;13-12-4-2-1-3-10(12)9-17(15,16)11-5-7-14-8-6-11;13-11-3-1-2-4-12(11)15-9-10-5-7-14-8-6-10;;;/h4-7,13H,8-12H2,1-3H3;2-5,10-11,16H,6-9H2,1H3;3-6,15H,7-11H2,1-2H3;3-6,15H,7-11H2,1-2H3;2-5,15H,6-10H2,1H3;1-4,10,14H,5-9H2;1-4,11,14H,5-9H2;1-4,10,14H,5-9H2;3*1H. The van der Waals surface area contributed by atoms with Crippen molar-refractivity contribution in [3.05, 3.63) is 245 Å². The first-order chi connectivity index (χ1) is 65.7. The lowest BCUT2D eigenvalue weighted by atomic mass is 9.82. The third kappa shape index (κ3) is 43.4. The maximum atomic E-state index is 13.6. The Labute approximate surface area is 863 Å². The van der Waals surface area contributed by atoms with Crippen LogP contribution < -0.4 is 56.2 Å². The number of likely N-dealkylation sites (tertiary alicyclic amines) is 1. The van der Waals surface area contributed by atoms with Crippen LogP contribution in [0.15, 0.2) is 209 Å². The number of hydrogen-bond acceptors (Lipinski definition) is 20. The lowest BCUT2D eigenvalue weighted by Crippen LogP contribution is -2.42. The molecule has 8 aromatic carbocycles. The minimum atomic E-state index is -3.49. The normalized spacial score (nSPS) is 17.9. The maximum Gasteiger partial charge on any atom is 0.410 e. The van der Waals surface area contributed by atoms with Crippen LogP contribution in [-0.2, 0) is 35.0 Å². The van der Waals surface area contributed by atoms with Crippen molar-refractivity contribution >= 4 is 104 Å². The van der Waals surface area contributed by atoms with Gasteiger partial charge in [0.15, 0.2) is 31.2 Å². The number of nitrogens with one attached hydrogen (secondary N) is 7. The van der Waals surface area contributed by atoms with E-state index in [0.717, 1.165) is 221 Å². The maximum absolute atomic E-state index is 13.6. The van der Waals surface area contributed by atoms with Gasteiger partial charge in [-0.2, -0.15) is 0 Å². The summed E-state index contributed by atoms with van der Waals surface area (Å²) in [5, 5.41) is 23.4. The molecule has 19 nitrogen and oxygen atoms in total. The molecule has 1 unspecified atom stereocenters. The highest BCUT2D eigenvalue weighted by Gasteiger charge is 2.35. The zero-order chi connectivity index (χ0) is 98.5. The van der Waals surface area contributed by atoms with Crippen molar-refractivity contribution in [2.75, 3.05) is 149 Å². The Balaban J connectivity index is 0.000000245. The number of sulfone groups is 2. The molecule has 8 fully saturated rings. The highest BCUT2D eigenvalue weighted by atomic mass is 35.5. The molecule has 0 bridgehead atoms. The second kappa shape index (κ2) is 63.4. The predicted octanol–water partition coefficient (Wildman–Crippen LogP) is 22.7. The first kappa shape index (κ1) is 122. The van der Waals surface area contributed by atoms with Crippen molar-refractivity contribution < 1.29 is 72.1 Å². The number of Topliss-reactive ketones (excluding diaryl/α,β-unsaturated/α-hetero) is 1. The van der Waals surface area contributed by atoms with Gasteiger partial charge >= 0.3 is 6.09 Å². The van der Waals surface area contributed by atoms with Gasteiger partial charge in [-0.25, -0.2) is 43.6 Å².